The summed E-state index contributed by atoms with van der Waals surface area (Å²) in [5.41, 5.74) is 0. The number of ether oxygens (including phenoxy) is 17. The highest BCUT2D eigenvalue weighted by Crippen LogP contribution is 2.40. The molecule has 2 bridgehead atoms. The molecular weight excluding hydrogens is 1030 g/mol. The van der Waals surface area contributed by atoms with Crippen LogP contribution >= 0.6 is 0 Å². The third-order valence-electron chi connectivity index (χ3n) is 11.7. The van der Waals surface area contributed by atoms with Gasteiger partial charge in [-0.1, -0.05) is 0 Å². The predicted octanol–water partition coefficient (Wildman–Crippen LogP) is -2.25. The maximum Gasteiger partial charge on any atom is 0.303 e. The standard InChI is InChI=1S/C46H64N2O28/c1-16-33(64-21(6)53)39(68-25(10)57)41(69-26(11)58)45(63-16)75-38-31(47-17(2)49)43-62-15-30(71-43)35(38)74-46-42(70-27(12)59)40(36(66-23(8)55)29(73-46)14-61-20(5)52)76-44-32(48-18(3)50)37(67-24(9)56)34(65-22(7)54)28(72-44)13-60-19(4)51/h16,28-46H,13-15H2,1-12H3,(H,47,49)(H,48,50)/t16-,28+,29+,30+,31+,32+,33+,34-,35+,36-,37+,38+,39+,40-,41-,42+,43+,44+,45-,46-/m0/s1. The average molecular weight is 1090 g/mol. The zero-order valence-corrected chi connectivity index (χ0v) is 43.6. The van der Waals surface area contributed by atoms with Crippen molar-refractivity contribution in [3.8, 4) is 0 Å². The molecule has 2 amide bonds. The van der Waals surface area contributed by atoms with Crippen LogP contribution in [0, 0.1) is 0 Å². The molecule has 0 unspecified atom stereocenters. The molecular formula is C46H64N2O28. The minimum absolute atomic E-state index is 0.276. The second-order valence-electron chi connectivity index (χ2n) is 18.0. The van der Waals surface area contributed by atoms with E-state index in [2.05, 4.69) is 10.6 Å². The molecule has 0 saturated carbocycles. The van der Waals surface area contributed by atoms with E-state index in [4.69, 9.17) is 80.5 Å². The fourth-order valence-corrected chi connectivity index (χ4v) is 9.16. The van der Waals surface area contributed by atoms with E-state index in [1.807, 2.05) is 0 Å². The Morgan fingerprint density at radius 1 is 0.382 bits per heavy atom. The van der Waals surface area contributed by atoms with E-state index in [1.165, 1.54) is 6.92 Å². The molecule has 5 heterocycles. The number of nitrogens with one attached hydrogen (secondary N) is 2. The van der Waals surface area contributed by atoms with Gasteiger partial charge in [-0.3, -0.25) is 52.7 Å². The quantitative estimate of drug-likeness (QED) is 0.102. The smallest absolute Gasteiger partial charge is 0.303 e. The van der Waals surface area contributed by atoms with Gasteiger partial charge >= 0.3 is 53.7 Å². The lowest BCUT2D eigenvalue weighted by Gasteiger charge is -2.50. The molecule has 76 heavy (non-hydrogen) atoms. The highest BCUT2D eigenvalue weighted by molar-refractivity contribution is 5.74. The Labute approximate surface area is 434 Å². The summed E-state index contributed by atoms with van der Waals surface area (Å²) in [5, 5.41) is 5.23. The summed E-state index contributed by atoms with van der Waals surface area (Å²) in [6, 6.07) is -3.00. The van der Waals surface area contributed by atoms with Crippen LogP contribution in [0.25, 0.3) is 0 Å². The molecule has 5 rings (SSSR count). The number of esters is 9. The maximum atomic E-state index is 13.3. The van der Waals surface area contributed by atoms with Crippen LogP contribution in [-0.4, -0.2) is 208 Å². The molecule has 5 fully saturated rings. The normalized spacial score (nSPS) is 35.6. The van der Waals surface area contributed by atoms with Gasteiger partial charge in [0.15, 0.2) is 67.9 Å². The lowest BCUT2D eigenvalue weighted by Crippen LogP contribution is -2.70. The van der Waals surface area contributed by atoms with Gasteiger partial charge in [0.05, 0.1) is 12.7 Å². The number of carbonyl (C=O) groups is 11. The highest BCUT2D eigenvalue weighted by atomic mass is 16.8. The summed E-state index contributed by atoms with van der Waals surface area (Å²) in [6.07, 6.45) is -29.1. The molecule has 0 aromatic heterocycles. The van der Waals surface area contributed by atoms with Crippen molar-refractivity contribution in [1.82, 2.24) is 10.6 Å². The molecule has 0 aromatic carbocycles. The number of carbonyl (C=O) groups excluding carboxylic acids is 11. The van der Waals surface area contributed by atoms with Gasteiger partial charge in [-0.15, -0.1) is 0 Å². The molecule has 0 aromatic rings. The summed E-state index contributed by atoms with van der Waals surface area (Å²) < 4.78 is 101. The van der Waals surface area contributed by atoms with E-state index in [0.29, 0.717) is 0 Å². The second kappa shape index (κ2) is 26.8. The van der Waals surface area contributed by atoms with Gasteiger partial charge in [0.1, 0.15) is 61.9 Å². The van der Waals surface area contributed by atoms with Gasteiger partial charge in [-0.2, -0.15) is 0 Å². The molecule has 426 valence electrons. The van der Waals surface area contributed by atoms with Crippen molar-refractivity contribution in [2.45, 2.75) is 206 Å². The summed E-state index contributed by atoms with van der Waals surface area (Å²) in [7, 11) is 0. The Kier molecular flexibility index (Phi) is 21.4. The van der Waals surface area contributed by atoms with Crippen molar-refractivity contribution in [2.75, 3.05) is 19.8 Å². The molecule has 2 N–H and O–H groups in total. The van der Waals surface area contributed by atoms with Crippen molar-refractivity contribution < 1.29 is 133 Å². The molecule has 5 aliphatic rings. The lowest BCUT2D eigenvalue weighted by molar-refractivity contribution is -0.372. The molecule has 0 aliphatic carbocycles. The number of hydrogen-bond acceptors (Lipinski definition) is 28. The molecule has 0 radical (unpaired) electrons. The molecule has 30 nitrogen and oxygen atoms in total. The van der Waals surface area contributed by atoms with Crippen molar-refractivity contribution in [1.29, 1.82) is 0 Å². The maximum absolute atomic E-state index is 13.3. The van der Waals surface area contributed by atoms with Crippen LogP contribution in [0.5, 0.6) is 0 Å². The van der Waals surface area contributed by atoms with E-state index < -0.39 is 201 Å². The van der Waals surface area contributed by atoms with Gasteiger partial charge in [-0.25, -0.2) is 0 Å². The van der Waals surface area contributed by atoms with Gasteiger partial charge in [0, 0.05) is 76.2 Å². The molecule has 20 atom stereocenters. The summed E-state index contributed by atoms with van der Waals surface area (Å²) in [4.78, 5) is 139. The highest BCUT2D eigenvalue weighted by Gasteiger charge is 2.61. The Balaban J connectivity index is 1.68. The Morgan fingerprint density at radius 2 is 0.763 bits per heavy atom. The van der Waals surface area contributed by atoms with E-state index in [1.54, 1.807) is 0 Å². The van der Waals surface area contributed by atoms with Gasteiger partial charge in [0.2, 0.25) is 11.8 Å². The fraction of sp³-hybridized carbons (Fsp3) is 0.761. The van der Waals surface area contributed by atoms with E-state index in [0.717, 1.165) is 76.2 Å². The summed E-state index contributed by atoms with van der Waals surface area (Å²) >= 11 is 0. The van der Waals surface area contributed by atoms with Crippen LogP contribution in [0.15, 0.2) is 0 Å². The molecule has 5 saturated heterocycles. The van der Waals surface area contributed by atoms with Crippen LogP contribution in [0.4, 0.5) is 0 Å². The zero-order chi connectivity index (χ0) is 56.5. The van der Waals surface area contributed by atoms with Crippen molar-refractivity contribution in [3.63, 3.8) is 0 Å². The lowest BCUT2D eigenvalue weighted by atomic mass is 9.94. The number of rotatable bonds is 19. The Bertz CT molecular complexity index is 2170. The fourth-order valence-electron chi connectivity index (χ4n) is 9.16. The van der Waals surface area contributed by atoms with Crippen LogP contribution in [-0.2, 0) is 133 Å². The predicted molar refractivity (Wildman–Crippen MR) is 238 cm³/mol. The molecule has 30 heteroatoms. The van der Waals surface area contributed by atoms with Crippen molar-refractivity contribution in [2.24, 2.45) is 0 Å². The first-order valence-corrected chi connectivity index (χ1v) is 23.8. The van der Waals surface area contributed by atoms with Gasteiger partial charge in [0.25, 0.3) is 0 Å². The number of hydrogen-bond donors (Lipinski definition) is 2. The van der Waals surface area contributed by atoms with Crippen LogP contribution in [0.3, 0.4) is 0 Å². The van der Waals surface area contributed by atoms with Gasteiger partial charge < -0.3 is 91.2 Å². The first-order valence-electron chi connectivity index (χ1n) is 23.8. The first kappa shape index (κ1) is 60.7. The van der Waals surface area contributed by atoms with Crippen LogP contribution < -0.4 is 10.6 Å². The Hall–Kier alpha value is -6.15. The first-order chi connectivity index (χ1) is 35.6. The monoisotopic (exact) mass is 1090 g/mol. The SMILES string of the molecule is CC(=O)N[C@H]1[C@@H](O[C@H]2[C@@H](OC(C)=O)[C@@H](COC(C)=O)O[C@@H](O[C@H]3[C@H](O[C@@H]4O[C@@H](C)[C@@H](OC(C)=O)[C@@H](OC(C)=O)[C@@H]4OC(C)=O)[C@@H](NC(C)=O)[C@@H]4OC[C@H]3O4)[C@@H]2OC(C)=O)O[C@H](COC(C)=O)[C@H](OC(C)=O)[C@@H]1OC(C)=O. The zero-order valence-electron chi connectivity index (χ0n) is 43.6. The Morgan fingerprint density at radius 3 is 1.25 bits per heavy atom. The third-order valence-corrected chi connectivity index (χ3v) is 11.7. The average Bonchev–Trinajstić information content (AvgIpc) is 3.73. The van der Waals surface area contributed by atoms with E-state index >= 15 is 0 Å². The van der Waals surface area contributed by atoms with Crippen molar-refractivity contribution in [3.05, 3.63) is 0 Å². The summed E-state index contributed by atoms with van der Waals surface area (Å²) in [6.45, 7) is 11.3. The minimum Gasteiger partial charge on any atom is -0.463 e. The number of fused-ring (bicyclic) bond motifs is 2. The van der Waals surface area contributed by atoms with E-state index in [-0.39, 0.29) is 6.61 Å². The summed E-state index contributed by atoms with van der Waals surface area (Å²) in [5.74, 6) is -9.64. The van der Waals surface area contributed by atoms with Crippen molar-refractivity contribution >= 4 is 65.5 Å². The van der Waals surface area contributed by atoms with E-state index in [9.17, 15) is 52.7 Å². The number of amides is 2. The topological polar surface area (TPSA) is 369 Å². The second-order valence-corrected chi connectivity index (χ2v) is 18.0. The molecule has 5 aliphatic heterocycles. The third kappa shape index (κ3) is 16.2. The van der Waals surface area contributed by atoms with Crippen LogP contribution in [0.2, 0.25) is 0 Å². The molecule has 0 spiro atoms. The van der Waals surface area contributed by atoms with Crippen LogP contribution in [0.1, 0.15) is 83.1 Å². The largest absolute Gasteiger partial charge is 0.463 e. The van der Waals surface area contributed by atoms with Gasteiger partial charge in [-0.05, 0) is 6.92 Å². The minimum atomic E-state index is -1.98.